The van der Waals surface area contributed by atoms with Gasteiger partial charge in [-0.3, -0.25) is 9.36 Å². The van der Waals surface area contributed by atoms with Crippen molar-refractivity contribution in [3.63, 3.8) is 0 Å². The van der Waals surface area contributed by atoms with Crippen LogP contribution < -0.4 is 11.2 Å². The molecular formula is C34H34N8O2. The lowest BCUT2D eigenvalue weighted by atomic mass is 9.92. The number of H-pyrrole nitrogens is 1. The summed E-state index contributed by atoms with van der Waals surface area (Å²) < 4.78 is 5.05. The lowest BCUT2D eigenvalue weighted by molar-refractivity contribution is 0.394. The van der Waals surface area contributed by atoms with Gasteiger partial charge in [0.15, 0.2) is 11.2 Å². The highest BCUT2D eigenvalue weighted by Gasteiger charge is 2.29. The molecule has 3 aromatic carbocycles. The van der Waals surface area contributed by atoms with Crippen molar-refractivity contribution < 1.29 is 0 Å². The van der Waals surface area contributed by atoms with Crippen LogP contribution in [0.1, 0.15) is 45.0 Å². The Morgan fingerprint density at radius 2 is 1.57 bits per heavy atom. The van der Waals surface area contributed by atoms with Crippen LogP contribution in [0, 0.1) is 11.3 Å². The highest BCUT2D eigenvalue weighted by atomic mass is 16.2. The SMILES string of the molecule is CC(C)(C)Cc1nc2c(c(=O)n(-c3ccccc3)c(=O)n2CC2CC2)n1Cc1ccc(-c2ccccc2-c2nn[nH]n2)cc1. The van der Waals surface area contributed by atoms with Crippen molar-refractivity contribution in [1.29, 1.82) is 0 Å². The van der Waals surface area contributed by atoms with E-state index in [0.29, 0.717) is 48.1 Å². The minimum atomic E-state index is -0.346. The molecule has 6 aromatic rings. The van der Waals surface area contributed by atoms with Gasteiger partial charge in [-0.1, -0.05) is 87.5 Å². The third kappa shape index (κ3) is 5.27. The zero-order chi connectivity index (χ0) is 30.4. The molecule has 0 bridgehead atoms. The maximum absolute atomic E-state index is 14.3. The summed E-state index contributed by atoms with van der Waals surface area (Å²) in [6.07, 6.45) is 2.81. The molecule has 0 aliphatic heterocycles. The summed E-state index contributed by atoms with van der Waals surface area (Å²) in [4.78, 5) is 33.2. The largest absolute Gasteiger partial charge is 0.337 e. The summed E-state index contributed by atoms with van der Waals surface area (Å²) >= 11 is 0. The molecule has 10 nitrogen and oxygen atoms in total. The van der Waals surface area contributed by atoms with Gasteiger partial charge in [0.05, 0.1) is 5.69 Å². The summed E-state index contributed by atoms with van der Waals surface area (Å²) in [5, 5.41) is 14.6. The predicted molar refractivity (Wildman–Crippen MR) is 170 cm³/mol. The molecule has 1 aliphatic carbocycles. The predicted octanol–water partition coefficient (Wildman–Crippen LogP) is 5.24. The number of nitrogens with zero attached hydrogens (tertiary/aromatic N) is 7. The third-order valence-electron chi connectivity index (χ3n) is 8.07. The van der Waals surface area contributed by atoms with Crippen LogP contribution in [0.2, 0.25) is 0 Å². The molecule has 1 saturated carbocycles. The molecule has 1 fully saturated rings. The second-order valence-corrected chi connectivity index (χ2v) is 12.8. The smallest absolute Gasteiger partial charge is 0.318 e. The van der Waals surface area contributed by atoms with Gasteiger partial charge >= 0.3 is 5.69 Å². The lowest BCUT2D eigenvalue weighted by Gasteiger charge is -2.19. The molecule has 0 atom stereocenters. The van der Waals surface area contributed by atoms with E-state index in [4.69, 9.17) is 4.98 Å². The minimum Gasteiger partial charge on any atom is -0.318 e. The third-order valence-corrected chi connectivity index (χ3v) is 8.07. The first-order valence-electron chi connectivity index (χ1n) is 15.0. The van der Waals surface area contributed by atoms with E-state index in [0.717, 1.165) is 40.9 Å². The van der Waals surface area contributed by atoms with Crippen molar-refractivity contribution in [3.05, 3.63) is 111 Å². The standard InChI is InChI=1S/C34H34N8O2/c1-34(2,3)19-28-35-31-29(32(43)42(25-9-5-4-6-10-25)33(44)41(31)21-22-13-14-22)40(28)20-23-15-17-24(18-16-23)26-11-7-8-12-27(26)30-36-38-39-37-30/h4-12,15-18,22H,13-14,19-21H2,1-3H3,(H,36,37,38,39). The topological polar surface area (TPSA) is 116 Å². The van der Waals surface area contributed by atoms with Crippen LogP contribution >= 0.6 is 0 Å². The summed E-state index contributed by atoms with van der Waals surface area (Å²) in [6.45, 7) is 7.48. The first-order valence-corrected chi connectivity index (χ1v) is 15.0. The molecule has 10 heteroatoms. The molecule has 0 spiro atoms. The summed E-state index contributed by atoms with van der Waals surface area (Å²) in [7, 11) is 0. The first-order chi connectivity index (χ1) is 21.3. The van der Waals surface area contributed by atoms with Crippen LogP contribution in [-0.4, -0.2) is 39.3 Å². The van der Waals surface area contributed by atoms with Gasteiger partial charge in [0.25, 0.3) is 5.56 Å². The van der Waals surface area contributed by atoms with Crippen LogP contribution in [0.4, 0.5) is 0 Å². The highest BCUT2D eigenvalue weighted by Crippen LogP contribution is 2.32. The number of hydrogen-bond acceptors (Lipinski definition) is 6. The van der Waals surface area contributed by atoms with Crippen LogP contribution in [0.5, 0.6) is 0 Å². The van der Waals surface area contributed by atoms with Gasteiger partial charge in [-0.05, 0) is 58.2 Å². The molecule has 3 heterocycles. The average molecular weight is 587 g/mol. The van der Waals surface area contributed by atoms with Gasteiger partial charge in [-0.2, -0.15) is 5.21 Å². The van der Waals surface area contributed by atoms with Gasteiger partial charge in [-0.25, -0.2) is 14.3 Å². The minimum absolute atomic E-state index is 0.0814. The van der Waals surface area contributed by atoms with E-state index in [1.165, 1.54) is 4.57 Å². The Morgan fingerprint density at radius 3 is 2.23 bits per heavy atom. The van der Waals surface area contributed by atoms with E-state index in [1.807, 2.05) is 47.0 Å². The molecule has 44 heavy (non-hydrogen) atoms. The quantitative estimate of drug-likeness (QED) is 0.261. The number of aromatic amines is 1. The number of para-hydroxylation sites is 1. The van der Waals surface area contributed by atoms with Crippen LogP contribution in [0.3, 0.4) is 0 Å². The van der Waals surface area contributed by atoms with E-state index in [9.17, 15) is 9.59 Å². The molecule has 7 rings (SSSR count). The normalized spacial score (nSPS) is 13.5. The molecule has 0 unspecified atom stereocenters. The number of imidazole rings is 1. The number of rotatable bonds is 8. The molecule has 1 aliphatic rings. The number of benzene rings is 3. The van der Waals surface area contributed by atoms with Crippen molar-refractivity contribution in [3.8, 4) is 28.2 Å². The van der Waals surface area contributed by atoms with E-state index in [1.54, 1.807) is 16.7 Å². The fourth-order valence-corrected chi connectivity index (χ4v) is 5.77. The number of hydrogen-bond donors (Lipinski definition) is 1. The Balaban J connectivity index is 1.36. The van der Waals surface area contributed by atoms with Crippen LogP contribution in [0.25, 0.3) is 39.4 Å². The summed E-state index contributed by atoms with van der Waals surface area (Å²) in [5.74, 6) is 1.76. The highest BCUT2D eigenvalue weighted by molar-refractivity contribution is 5.80. The summed E-state index contributed by atoms with van der Waals surface area (Å²) in [6, 6.07) is 25.4. The first kappa shape index (κ1) is 27.7. The molecule has 0 amide bonds. The maximum atomic E-state index is 14.3. The molecule has 0 saturated heterocycles. The average Bonchev–Trinajstić information content (AvgIpc) is 3.53. The van der Waals surface area contributed by atoms with Crippen LogP contribution in [0.15, 0.2) is 88.5 Å². The Morgan fingerprint density at radius 1 is 0.864 bits per heavy atom. The number of aromatic nitrogens is 8. The van der Waals surface area contributed by atoms with E-state index >= 15 is 0 Å². The van der Waals surface area contributed by atoms with Gasteiger partial charge in [0, 0.05) is 25.1 Å². The van der Waals surface area contributed by atoms with E-state index in [2.05, 4.69) is 65.7 Å². The van der Waals surface area contributed by atoms with Crippen molar-refractivity contribution >= 4 is 11.2 Å². The maximum Gasteiger partial charge on any atom is 0.337 e. The van der Waals surface area contributed by atoms with Crippen molar-refractivity contribution in [1.82, 2.24) is 39.3 Å². The van der Waals surface area contributed by atoms with Gasteiger partial charge < -0.3 is 4.57 Å². The monoisotopic (exact) mass is 586 g/mol. The molecule has 222 valence electrons. The zero-order valence-corrected chi connectivity index (χ0v) is 25.1. The summed E-state index contributed by atoms with van der Waals surface area (Å²) in [5.41, 5.74) is 4.65. The Kier molecular flexibility index (Phi) is 6.84. The molecule has 0 radical (unpaired) electrons. The Bertz CT molecular complexity index is 2060. The fraction of sp³-hybridized carbons (Fsp3) is 0.294. The molecule has 3 aromatic heterocycles. The zero-order valence-electron chi connectivity index (χ0n) is 25.1. The van der Waals surface area contributed by atoms with Crippen molar-refractivity contribution in [2.45, 2.75) is 53.1 Å². The fourth-order valence-electron chi connectivity index (χ4n) is 5.77. The van der Waals surface area contributed by atoms with Crippen molar-refractivity contribution in [2.75, 3.05) is 0 Å². The van der Waals surface area contributed by atoms with Crippen LogP contribution in [-0.2, 0) is 19.5 Å². The van der Waals surface area contributed by atoms with E-state index in [-0.39, 0.29) is 16.7 Å². The second-order valence-electron chi connectivity index (χ2n) is 12.8. The van der Waals surface area contributed by atoms with Gasteiger partial charge in [0.2, 0.25) is 5.82 Å². The molecular weight excluding hydrogens is 552 g/mol. The van der Waals surface area contributed by atoms with E-state index < -0.39 is 0 Å². The van der Waals surface area contributed by atoms with Gasteiger partial charge in [-0.15, -0.1) is 10.2 Å². The Labute approximate surface area is 254 Å². The van der Waals surface area contributed by atoms with Crippen molar-refractivity contribution in [2.24, 2.45) is 11.3 Å². The Hall–Kier alpha value is -5.12. The number of nitrogens with one attached hydrogen (secondary N) is 1. The van der Waals surface area contributed by atoms with Gasteiger partial charge in [0.1, 0.15) is 5.82 Å². The number of fused-ring (bicyclic) bond motifs is 1. The second kappa shape index (κ2) is 10.9. The lowest BCUT2D eigenvalue weighted by Crippen LogP contribution is -2.40. The molecule has 1 N–H and O–H groups in total. The number of tetrazole rings is 1.